The normalized spacial score (nSPS) is 15.4. The Kier molecular flexibility index (Phi) is 5.54. The molecule has 2 N–H and O–H groups in total. The minimum Gasteiger partial charge on any atom is -0.330 e. The average Bonchev–Trinajstić information content (AvgIpc) is 2.22. The Bertz CT molecular complexity index is 346. The molecule has 0 bridgehead atoms. The van der Waals surface area contributed by atoms with E-state index in [0.29, 0.717) is 0 Å². The molecule has 0 aromatic carbocycles. The molecule has 21 heavy (non-hydrogen) atoms. The van der Waals surface area contributed by atoms with Crippen LogP contribution in [0.3, 0.4) is 0 Å². The highest BCUT2D eigenvalue weighted by Crippen LogP contribution is 2.55. The molecule has 1 nitrogen and oxygen atoms in total. The second-order valence-corrected chi connectivity index (χ2v) is 4.28. The van der Waals surface area contributed by atoms with Gasteiger partial charge in [0, 0.05) is 6.42 Å². The summed E-state index contributed by atoms with van der Waals surface area (Å²) < 4.78 is 137. The summed E-state index contributed by atoms with van der Waals surface area (Å²) in [7, 11) is 0. The van der Waals surface area contributed by atoms with Gasteiger partial charge in [-0.15, -0.1) is 0 Å². The van der Waals surface area contributed by atoms with Crippen LogP contribution in [0.4, 0.5) is 48.3 Å². The third kappa shape index (κ3) is 4.10. The maximum atomic E-state index is 12.9. The van der Waals surface area contributed by atoms with Crippen LogP contribution in [0.5, 0.6) is 0 Å². The van der Waals surface area contributed by atoms with Gasteiger partial charge in [0.15, 0.2) is 0 Å². The van der Waals surface area contributed by atoms with Crippen molar-refractivity contribution < 1.29 is 48.3 Å². The largest absolute Gasteiger partial charge is 0.460 e. The first-order valence-electron chi connectivity index (χ1n) is 5.30. The summed E-state index contributed by atoms with van der Waals surface area (Å²) in [6.45, 7) is -0.434. The van der Waals surface area contributed by atoms with Gasteiger partial charge < -0.3 is 5.73 Å². The zero-order chi connectivity index (χ0) is 17.3. The number of halogens is 11. The van der Waals surface area contributed by atoms with E-state index in [4.69, 9.17) is 5.73 Å². The molecular formula is C9H10F11N. The second-order valence-electron chi connectivity index (χ2n) is 4.28. The van der Waals surface area contributed by atoms with E-state index in [1.54, 1.807) is 0 Å². The smallest absolute Gasteiger partial charge is 0.330 e. The zero-order valence-electron chi connectivity index (χ0n) is 10.1. The number of hydrogen-bond acceptors (Lipinski definition) is 1. The van der Waals surface area contributed by atoms with Crippen LogP contribution in [0, 0.1) is 0 Å². The Balaban J connectivity index is 5.39. The molecule has 0 aliphatic carbocycles. The first kappa shape index (κ1) is 20.2. The van der Waals surface area contributed by atoms with Crippen molar-refractivity contribution in [3.8, 4) is 0 Å². The Morgan fingerprint density at radius 2 is 1.10 bits per heavy atom. The Hall–Kier alpha value is -0.810. The maximum Gasteiger partial charge on any atom is 0.460 e. The summed E-state index contributed by atoms with van der Waals surface area (Å²) in [4.78, 5) is 0. The minimum absolute atomic E-state index is 0.434. The molecule has 0 amide bonds. The van der Waals surface area contributed by atoms with Gasteiger partial charge in [0.05, 0.1) is 6.42 Å². The van der Waals surface area contributed by atoms with Crippen molar-refractivity contribution in [1.82, 2.24) is 0 Å². The Labute approximate surface area is 111 Å². The van der Waals surface area contributed by atoms with Crippen molar-refractivity contribution >= 4 is 0 Å². The molecule has 0 fully saturated rings. The van der Waals surface area contributed by atoms with E-state index in [2.05, 4.69) is 0 Å². The number of nitrogens with two attached hydrogens (primary N) is 1. The topological polar surface area (TPSA) is 26.0 Å². The molecule has 0 aliphatic heterocycles. The summed E-state index contributed by atoms with van der Waals surface area (Å²) in [5.41, 5.74) is 4.77. The molecule has 0 aromatic rings. The highest BCUT2D eigenvalue weighted by Gasteiger charge is 2.82. The fraction of sp³-hybridized carbons (Fsp3) is 1.00. The van der Waals surface area contributed by atoms with E-state index >= 15 is 0 Å². The van der Waals surface area contributed by atoms with Crippen LogP contribution in [0.15, 0.2) is 0 Å². The van der Waals surface area contributed by atoms with Gasteiger partial charge in [-0.05, 0) is 13.0 Å². The van der Waals surface area contributed by atoms with Gasteiger partial charge in [0.2, 0.25) is 0 Å². The van der Waals surface area contributed by atoms with Gasteiger partial charge in [-0.25, -0.2) is 8.78 Å². The zero-order valence-corrected chi connectivity index (χ0v) is 10.1. The summed E-state index contributed by atoms with van der Waals surface area (Å²) in [6, 6.07) is 0. The van der Waals surface area contributed by atoms with Gasteiger partial charge in [-0.2, -0.15) is 39.5 Å². The minimum atomic E-state index is -7.16. The molecule has 0 unspecified atom stereocenters. The van der Waals surface area contributed by atoms with Gasteiger partial charge in [-0.1, -0.05) is 0 Å². The molecule has 128 valence electrons. The lowest BCUT2D eigenvalue weighted by Crippen LogP contribution is -2.61. The molecule has 0 saturated carbocycles. The number of hydrogen-bond donors (Lipinski definition) is 1. The van der Waals surface area contributed by atoms with Crippen LogP contribution >= 0.6 is 0 Å². The molecule has 0 radical (unpaired) electrons. The summed E-state index contributed by atoms with van der Waals surface area (Å²) in [6.07, 6.45) is -12.2. The molecule has 0 rings (SSSR count). The molecule has 0 atom stereocenters. The van der Waals surface area contributed by atoms with Crippen molar-refractivity contribution in [2.75, 3.05) is 6.54 Å². The van der Waals surface area contributed by atoms with Crippen molar-refractivity contribution in [2.45, 2.75) is 49.1 Å². The molecule has 0 aliphatic rings. The standard InChI is InChI=1S/C9H10F11N/c10-5(11,2-1-3-21)4-6(12,13)7(14,15)8(16,17)9(18,19)20/h1-4,21H2. The lowest BCUT2D eigenvalue weighted by molar-refractivity contribution is -0.400. The van der Waals surface area contributed by atoms with Crippen molar-refractivity contribution in [1.29, 1.82) is 0 Å². The van der Waals surface area contributed by atoms with E-state index in [1.165, 1.54) is 0 Å². The summed E-state index contributed by atoms with van der Waals surface area (Å²) >= 11 is 0. The predicted molar refractivity (Wildman–Crippen MR) is 48.7 cm³/mol. The van der Waals surface area contributed by atoms with Crippen molar-refractivity contribution in [3.63, 3.8) is 0 Å². The number of alkyl halides is 11. The van der Waals surface area contributed by atoms with Crippen molar-refractivity contribution in [2.24, 2.45) is 5.73 Å². The molecule has 0 heterocycles. The van der Waals surface area contributed by atoms with Gasteiger partial charge in [0.25, 0.3) is 5.92 Å². The molecule has 0 saturated heterocycles. The molecule has 0 aromatic heterocycles. The third-order valence-corrected chi connectivity index (χ3v) is 2.44. The first-order valence-corrected chi connectivity index (χ1v) is 5.30. The third-order valence-electron chi connectivity index (χ3n) is 2.44. The molecule has 12 heteroatoms. The van der Waals surface area contributed by atoms with Crippen LogP contribution < -0.4 is 5.73 Å². The van der Waals surface area contributed by atoms with Crippen LogP contribution in [-0.2, 0) is 0 Å². The summed E-state index contributed by atoms with van der Waals surface area (Å²) in [5.74, 6) is -25.0. The second kappa shape index (κ2) is 5.76. The fourth-order valence-electron chi connectivity index (χ4n) is 1.29. The van der Waals surface area contributed by atoms with E-state index in [1.807, 2.05) is 0 Å². The lowest BCUT2D eigenvalue weighted by Gasteiger charge is -2.35. The quantitative estimate of drug-likeness (QED) is 0.690. The van der Waals surface area contributed by atoms with Crippen LogP contribution in [-0.4, -0.2) is 36.4 Å². The highest BCUT2D eigenvalue weighted by atomic mass is 19.4. The molecular weight excluding hydrogens is 331 g/mol. The van der Waals surface area contributed by atoms with Gasteiger partial charge in [-0.3, -0.25) is 0 Å². The number of rotatable bonds is 7. The van der Waals surface area contributed by atoms with E-state index in [9.17, 15) is 48.3 Å². The average molecular weight is 341 g/mol. The fourth-order valence-corrected chi connectivity index (χ4v) is 1.29. The van der Waals surface area contributed by atoms with Crippen molar-refractivity contribution in [3.05, 3.63) is 0 Å². The predicted octanol–water partition coefficient (Wildman–Crippen LogP) is 4.22. The first-order chi connectivity index (χ1) is 9.02. The maximum absolute atomic E-state index is 12.9. The lowest BCUT2D eigenvalue weighted by atomic mass is 9.96. The van der Waals surface area contributed by atoms with E-state index in [-0.39, 0.29) is 0 Å². The van der Waals surface area contributed by atoms with Crippen LogP contribution in [0.25, 0.3) is 0 Å². The highest BCUT2D eigenvalue weighted by molar-refractivity contribution is 5.01. The Morgan fingerprint density at radius 3 is 1.43 bits per heavy atom. The van der Waals surface area contributed by atoms with Gasteiger partial charge >= 0.3 is 23.9 Å². The van der Waals surface area contributed by atoms with Gasteiger partial charge in [0.1, 0.15) is 0 Å². The monoisotopic (exact) mass is 341 g/mol. The molecule has 0 spiro atoms. The SMILES string of the molecule is NCCCC(F)(F)CC(F)(F)C(F)(F)C(F)(F)C(F)(F)F. The van der Waals surface area contributed by atoms with Crippen LogP contribution in [0.2, 0.25) is 0 Å². The van der Waals surface area contributed by atoms with E-state index < -0.39 is 55.7 Å². The summed E-state index contributed by atoms with van der Waals surface area (Å²) in [5, 5.41) is 0. The Morgan fingerprint density at radius 1 is 0.667 bits per heavy atom. The van der Waals surface area contributed by atoms with E-state index in [0.717, 1.165) is 0 Å². The van der Waals surface area contributed by atoms with Crippen LogP contribution in [0.1, 0.15) is 19.3 Å².